The second-order valence-electron chi connectivity index (χ2n) is 1.98. The van der Waals surface area contributed by atoms with E-state index in [2.05, 4.69) is 4.98 Å². The average Bonchev–Trinajstić information content (AvgIpc) is 1.85. The molecular formula is C6H10NO4P. The van der Waals surface area contributed by atoms with Crippen molar-refractivity contribution < 1.29 is 19.2 Å². The Morgan fingerprint density at radius 1 is 1.33 bits per heavy atom. The van der Waals surface area contributed by atoms with E-state index in [0.29, 0.717) is 0 Å². The number of aromatic nitrogens is 1. The number of aryl methyl sites for hydroxylation is 1. The van der Waals surface area contributed by atoms with Crippen LogP contribution in [0.5, 0.6) is 0 Å². The molecule has 0 saturated heterocycles. The van der Waals surface area contributed by atoms with Crippen LogP contribution in [0, 0.1) is 6.92 Å². The van der Waals surface area contributed by atoms with Crippen molar-refractivity contribution >= 4 is 7.82 Å². The first-order valence-electron chi connectivity index (χ1n) is 3.05. The monoisotopic (exact) mass is 191 g/mol. The molecule has 0 atom stereocenters. The summed E-state index contributed by atoms with van der Waals surface area (Å²) in [4.78, 5) is 25.5. The molecule has 6 heteroatoms. The Morgan fingerprint density at radius 2 is 1.83 bits per heavy atom. The van der Waals surface area contributed by atoms with Gasteiger partial charge in [0.2, 0.25) is 0 Å². The van der Waals surface area contributed by atoms with Gasteiger partial charge >= 0.3 is 7.82 Å². The lowest BCUT2D eigenvalue weighted by molar-refractivity contribution is 0.275. The summed E-state index contributed by atoms with van der Waals surface area (Å²) in [5.41, 5.74) is 1.07. The molecule has 12 heavy (non-hydrogen) atoms. The van der Waals surface area contributed by atoms with Crippen LogP contribution in [0.15, 0.2) is 24.4 Å². The topological polar surface area (TPSA) is 90.7 Å². The number of rotatable bonds is 0. The van der Waals surface area contributed by atoms with E-state index in [4.69, 9.17) is 19.2 Å². The van der Waals surface area contributed by atoms with Crippen LogP contribution >= 0.6 is 7.82 Å². The minimum Gasteiger partial charge on any atom is -0.303 e. The normalized spacial score (nSPS) is 10.0. The molecule has 0 saturated carbocycles. The van der Waals surface area contributed by atoms with Crippen molar-refractivity contribution in [3.63, 3.8) is 0 Å². The first-order chi connectivity index (χ1) is 5.39. The summed E-state index contributed by atoms with van der Waals surface area (Å²) in [5, 5.41) is 0. The molecule has 1 aromatic rings. The minimum atomic E-state index is -4.64. The third-order valence-electron chi connectivity index (χ3n) is 0.813. The van der Waals surface area contributed by atoms with Crippen LogP contribution in [0.2, 0.25) is 0 Å². The van der Waals surface area contributed by atoms with E-state index in [-0.39, 0.29) is 0 Å². The predicted octanol–water partition coefficient (Wildman–Crippen LogP) is 0.461. The zero-order chi connectivity index (χ0) is 9.61. The summed E-state index contributed by atoms with van der Waals surface area (Å²) < 4.78 is 8.88. The highest BCUT2D eigenvalue weighted by Gasteiger charge is 2.00. The average molecular weight is 191 g/mol. The molecule has 68 valence electrons. The maximum Gasteiger partial charge on any atom is 0.466 e. The summed E-state index contributed by atoms with van der Waals surface area (Å²) in [6.07, 6.45) is 1.79. The third kappa shape index (κ3) is 12.0. The molecule has 0 radical (unpaired) electrons. The van der Waals surface area contributed by atoms with Gasteiger partial charge in [0.15, 0.2) is 0 Å². The van der Waals surface area contributed by atoms with E-state index in [1.54, 1.807) is 6.20 Å². The van der Waals surface area contributed by atoms with E-state index in [1.807, 2.05) is 25.1 Å². The fourth-order valence-corrected chi connectivity index (χ4v) is 0.448. The van der Waals surface area contributed by atoms with Crippen LogP contribution in [0.25, 0.3) is 0 Å². The second-order valence-corrected chi connectivity index (χ2v) is 3.01. The van der Waals surface area contributed by atoms with Gasteiger partial charge in [-0.15, -0.1) is 0 Å². The molecule has 0 aliphatic rings. The van der Waals surface area contributed by atoms with Gasteiger partial charge in [-0.2, -0.15) is 0 Å². The predicted molar refractivity (Wildman–Crippen MR) is 43.2 cm³/mol. The maximum atomic E-state index is 8.88. The van der Waals surface area contributed by atoms with Crippen molar-refractivity contribution in [2.75, 3.05) is 0 Å². The van der Waals surface area contributed by atoms with Crippen molar-refractivity contribution in [3.8, 4) is 0 Å². The van der Waals surface area contributed by atoms with Gasteiger partial charge in [-0.25, -0.2) is 4.57 Å². The van der Waals surface area contributed by atoms with Crippen LogP contribution in [0.1, 0.15) is 5.69 Å². The van der Waals surface area contributed by atoms with Crippen molar-refractivity contribution in [2.45, 2.75) is 6.92 Å². The molecule has 3 N–H and O–H groups in total. The van der Waals surface area contributed by atoms with Crippen molar-refractivity contribution in [2.24, 2.45) is 0 Å². The van der Waals surface area contributed by atoms with E-state index in [1.165, 1.54) is 0 Å². The van der Waals surface area contributed by atoms with E-state index in [9.17, 15) is 0 Å². The molecule has 1 heterocycles. The quantitative estimate of drug-likeness (QED) is 0.518. The van der Waals surface area contributed by atoms with Gasteiger partial charge in [-0.1, -0.05) is 6.07 Å². The van der Waals surface area contributed by atoms with Gasteiger partial charge < -0.3 is 14.7 Å². The molecule has 0 fully saturated rings. The Bertz CT molecular complexity index is 249. The van der Waals surface area contributed by atoms with Crippen LogP contribution in [-0.2, 0) is 4.57 Å². The molecule has 0 amide bonds. The standard InChI is InChI=1S/C6H7N.H3O4P/c1-6-4-2-3-5-7-6;1-5(2,3)4/h2-5H,1H3;(H3,1,2,3,4). The van der Waals surface area contributed by atoms with Gasteiger partial charge in [0.1, 0.15) is 0 Å². The number of pyridine rings is 1. The molecule has 5 nitrogen and oxygen atoms in total. The van der Waals surface area contributed by atoms with Crippen molar-refractivity contribution in [1.29, 1.82) is 0 Å². The third-order valence-corrected chi connectivity index (χ3v) is 0.813. The highest BCUT2D eigenvalue weighted by Crippen LogP contribution is 2.25. The van der Waals surface area contributed by atoms with Crippen LogP contribution < -0.4 is 0 Å². The zero-order valence-electron chi connectivity index (χ0n) is 6.45. The summed E-state index contributed by atoms with van der Waals surface area (Å²) >= 11 is 0. The van der Waals surface area contributed by atoms with Crippen molar-refractivity contribution in [1.82, 2.24) is 4.98 Å². The van der Waals surface area contributed by atoms with Crippen molar-refractivity contribution in [3.05, 3.63) is 30.1 Å². The van der Waals surface area contributed by atoms with Gasteiger partial charge in [0.25, 0.3) is 0 Å². The fraction of sp³-hybridized carbons (Fsp3) is 0.167. The number of nitrogens with zero attached hydrogens (tertiary/aromatic N) is 1. The smallest absolute Gasteiger partial charge is 0.303 e. The van der Waals surface area contributed by atoms with Crippen LogP contribution in [-0.4, -0.2) is 19.7 Å². The van der Waals surface area contributed by atoms with Gasteiger partial charge in [0.05, 0.1) is 0 Å². The van der Waals surface area contributed by atoms with Gasteiger partial charge in [-0.3, -0.25) is 4.98 Å². The molecule has 1 aromatic heterocycles. The second kappa shape index (κ2) is 5.00. The Labute approximate surface area is 70.0 Å². The SMILES string of the molecule is Cc1ccccn1.O=P(O)(O)O. The molecule has 0 spiro atoms. The number of phosphoric acid groups is 1. The molecule has 0 aliphatic heterocycles. The van der Waals surface area contributed by atoms with Crippen LogP contribution in [0.4, 0.5) is 0 Å². The lowest BCUT2D eigenvalue weighted by Gasteiger charge is -1.82. The van der Waals surface area contributed by atoms with Crippen LogP contribution in [0.3, 0.4) is 0 Å². The Morgan fingerprint density at radius 3 is 2.00 bits per heavy atom. The summed E-state index contributed by atoms with van der Waals surface area (Å²) in [7, 11) is -4.64. The maximum absolute atomic E-state index is 8.88. The molecule has 0 unspecified atom stereocenters. The minimum absolute atomic E-state index is 1.07. The Kier molecular flexibility index (Phi) is 4.70. The zero-order valence-corrected chi connectivity index (χ0v) is 7.35. The number of hydrogen-bond acceptors (Lipinski definition) is 2. The van der Waals surface area contributed by atoms with Gasteiger partial charge in [0, 0.05) is 11.9 Å². The molecule has 0 bridgehead atoms. The first-order valence-corrected chi connectivity index (χ1v) is 4.62. The summed E-state index contributed by atoms with van der Waals surface area (Å²) in [5.74, 6) is 0. The van der Waals surface area contributed by atoms with Gasteiger partial charge in [-0.05, 0) is 19.1 Å². The highest BCUT2D eigenvalue weighted by atomic mass is 31.2. The Hall–Kier alpha value is -0.740. The van der Waals surface area contributed by atoms with E-state index >= 15 is 0 Å². The Balaban J connectivity index is 0.000000217. The fourth-order valence-electron chi connectivity index (χ4n) is 0.448. The molecule has 1 rings (SSSR count). The summed E-state index contributed by atoms with van der Waals surface area (Å²) in [6, 6.07) is 5.86. The lowest BCUT2D eigenvalue weighted by atomic mass is 10.4. The van der Waals surface area contributed by atoms with E-state index < -0.39 is 7.82 Å². The van der Waals surface area contributed by atoms with E-state index in [0.717, 1.165) is 5.69 Å². The highest BCUT2D eigenvalue weighted by molar-refractivity contribution is 7.45. The lowest BCUT2D eigenvalue weighted by Crippen LogP contribution is -1.72. The molecular weight excluding hydrogens is 181 g/mol. The molecule has 0 aromatic carbocycles. The largest absolute Gasteiger partial charge is 0.466 e. The summed E-state index contributed by atoms with van der Waals surface area (Å²) in [6.45, 7) is 1.97. The molecule has 0 aliphatic carbocycles. The first kappa shape index (κ1) is 11.3. The number of hydrogen-bond donors (Lipinski definition) is 3.